The third-order valence-electron chi connectivity index (χ3n) is 5.92. The summed E-state index contributed by atoms with van der Waals surface area (Å²) in [6.45, 7) is 8.15. The van der Waals surface area contributed by atoms with Gasteiger partial charge in [-0.2, -0.15) is 0 Å². The summed E-state index contributed by atoms with van der Waals surface area (Å²) in [4.78, 5) is 12.1. The van der Waals surface area contributed by atoms with Crippen LogP contribution in [0.2, 0.25) is 0 Å². The van der Waals surface area contributed by atoms with E-state index >= 15 is 0 Å². The van der Waals surface area contributed by atoms with Crippen molar-refractivity contribution in [3.8, 4) is 0 Å². The highest BCUT2D eigenvalue weighted by molar-refractivity contribution is 7.09. The number of rotatable bonds is 5. The predicted octanol–water partition coefficient (Wildman–Crippen LogP) is 2.37. The molecule has 2 saturated heterocycles. The molecule has 146 valence electrons. The Kier molecular flexibility index (Phi) is 5.90. The molecule has 0 unspecified atom stereocenters. The quantitative estimate of drug-likeness (QED) is 0.855. The van der Waals surface area contributed by atoms with Gasteiger partial charge in [-0.05, 0) is 25.5 Å². The Balaban J connectivity index is 1.32. The Morgan fingerprint density at radius 2 is 1.63 bits per heavy atom. The number of likely N-dealkylation sites (tertiary alicyclic amines) is 1. The third-order valence-corrected chi connectivity index (χ3v) is 6.75. The zero-order chi connectivity index (χ0) is 18.7. The summed E-state index contributed by atoms with van der Waals surface area (Å²) in [5.74, 6) is 0. The Labute approximate surface area is 166 Å². The summed E-state index contributed by atoms with van der Waals surface area (Å²) in [5.41, 5.74) is 1.46. The van der Waals surface area contributed by atoms with E-state index in [2.05, 4.69) is 57.5 Å². The minimum absolute atomic E-state index is 0.760. The molecule has 1 aromatic carbocycles. The Morgan fingerprint density at radius 1 is 0.963 bits per heavy atom. The summed E-state index contributed by atoms with van der Waals surface area (Å²) in [6.07, 6.45) is 1.52. The maximum absolute atomic E-state index is 11.2. The van der Waals surface area contributed by atoms with E-state index in [1.807, 2.05) is 0 Å². The molecule has 3 heterocycles. The molecule has 2 fully saturated rings. The van der Waals surface area contributed by atoms with Gasteiger partial charge in [0, 0.05) is 51.2 Å². The minimum atomic E-state index is -0.760. The zero-order valence-electron chi connectivity index (χ0n) is 16.2. The number of piperazine rings is 1. The smallest absolute Gasteiger partial charge is 0.110 e. The van der Waals surface area contributed by atoms with Crippen LogP contribution in [0.4, 0.5) is 0 Å². The highest BCUT2D eigenvalue weighted by Gasteiger charge is 2.36. The van der Waals surface area contributed by atoms with Crippen LogP contribution < -0.4 is 0 Å². The maximum Gasteiger partial charge on any atom is 0.110 e. The van der Waals surface area contributed by atoms with E-state index in [-0.39, 0.29) is 0 Å². The van der Waals surface area contributed by atoms with Crippen molar-refractivity contribution in [3.05, 3.63) is 52.0 Å². The Bertz CT molecular complexity index is 719. The van der Waals surface area contributed by atoms with Crippen LogP contribution in [0.15, 0.2) is 35.7 Å². The second-order valence-electron chi connectivity index (χ2n) is 8.00. The lowest BCUT2D eigenvalue weighted by atomic mass is 9.88. The number of hydrogen-bond acceptors (Lipinski definition) is 6. The molecule has 0 radical (unpaired) electrons. The van der Waals surface area contributed by atoms with Crippen LogP contribution in [0.25, 0.3) is 0 Å². The van der Waals surface area contributed by atoms with Gasteiger partial charge in [-0.3, -0.25) is 9.80 Å². The SMILES string of the molecule is CN1CCN(Cc2nc(C3(O)CCN(Cc4ccccc4)CC3)cs2)CC1. The molecule has 4 rings (SSSR count). The van der Waals surface area contributed by atoms with Crippen molar-refractivity contribution in [3.63, 3.8) is 0 Å². The predicted molar refractivity (Wildman–Crippen MR) is 110 cm³/mol. The van der Waals surface area contributed by atoms with E-state index in [1.54, 1.807) is 11.3 Å². The maximum atomic E-state index is 11.2. The van der Waals surface area contributed by atoms with Crippen LogP contribution in [-0.4, -0.2) is 71.1 Å². The number of piperidine rings is 1. The van der Waals surface area contributed by atoms with E-state index in [4.69, 9.17) is 4.98 Å². The van der Waals surface area contributed by atoms with Crippen LogP contribution in [0.3, 0.4) is 0 Å². The van der Waals surface area contributed by atoms with Crippen molar-refractivity contribution >= 4 is 11.3 Å². The lowest BCUT2D eigenvalue weighted by molar-refractivity contribution is -0.0308. The highest BCUT2D eigenvalue weighted by atomic mass is 32.1. The molecule has 0 aliphatic carbocycles. The number of benzene rings is 1. The largest absolute Gasteiger partial charge is 0.383 e. The van der Waals surface area contributed by atoms with E-state index in [0.29, 0.717) is 0 Å². The van der Waals surface area contributed by atoms with Crippen molar-refractivity contribution in [1.29, 1.82) is 0 Å². The van der Waals surface area contributed by atoms with Gasteiger partial charge >= 0.3 is 0 Å². The van der Waals surface area contributed by atoms with E-state index < -0.39 is 5.60 Å². The second-order valence-corrected chi connectivity index (χ2v) is 8.94. The number of aliphatic hydroxyl groups is 1. The average molecular weight is 387 g/mol. The zero-order valence-corrected chi connectivity index (χ0v) is 17.0. The molecule has 0 saturated carbocycles. The van der Waals surface area contributed by atoms with Gasteiger partial charge in [0.05, 0.1) is 12.2 Å². The van der Waals surface area contributed by atoms with Crippen LogP contribution in [0.5, 0.6) is 0 Å². The van der Waals surface area contributed by atoms with Crippen molar-refractivity contribution in [1.82, 2.24) is 19.7 Å². The van der Waals surface area contributed by atoms with Crippen LogP contribution >= 0.6 is 11.3 Å². The van der Waals surface area contributed by atoms with E-state index in [0.717, 1.165) is 75.9 Å². The molecule has 0 spiro atoms. The van der Waals surface area contributed by atoms with Gasteiger partial charge < -0.3 is 10.0 Å². The third kappa shape index (κ3) is 4.76. The van der Waals surface area contributed by atoms with E-state index in [1.165, 1.54) is 5.56 Å². The fourth-order valence-electron chi connectivity index (χ4n) is 3.97. The second kappa shape index (κ2) is 8.37. The van der Waals surface area contributed by atoms with Crippen molar-refractivity contribution in [2.75, 3.05) is 46.3 Å². The molecule has 1 N–H and O–H groups in total. The van der Waals surface area contributed by atoms with Crippen LogP contribution in [-0.2, 0) is 18.7 Å². The molecule has 2 aromatic rings. The fraction of sp³-hybridized carbons (Fsp3) is 0.571. The van der Waals surface area contributed by atoms with Gasteiger partial charge in [0.2, 0.25) is 0 Å². The standard InChI is InChI=1S/C21H30N4OS/c1-23-11-13-25(14-12-23)16-20-22-19(17-27-20)21(26)7-9-24(10-8-21)15-18-5-3-2-4-6-18/h2-6,17,26H,7-16H2,1H3. The molecule has 2 aliphatic heterocycles. The van der Waals surface area contributed by atoms with Gasteiger partial charge in [0.15, 0.2) is 0 Å². The highest BCUT2D eigenvalue weighted by Crippen LogP contribution is 2.34. The molecule has 5 nitrogen and oxygen atoms in total. The van der Waals surface area contributed by atoms with Crippen LogP contribution in [0, 0.1) is 0 Å². The topological polar surface area (TPSA) is 42.8 Å². The first kappa shape index (κ1) is 19.0. The molecule has 1 aromatic heterocycles. The molecule has 6 heteroatoms. The van der Waals surface area contributed by atoms with Crippen LogP contribution in [0.1, 0.15) is 29.1 Å². The van der Waals surface area contributed by atoms with Crippen molar-refractivity contribution < 1.29 is 5.11 Å². The van der Waals surface area contributed by atoms with Gasteiger partial charge in [-0.1, -0.05) is 30.3 Å². The molecular formula is C21H30N4OS. The average Bonchev–Trinajstić information content (AvgIpc) is 3.16. The molecule has 2 aliphatic rings. The Morgan fingerprint density at radius 3 is 2.33 bits per heavy atom. The van der Waals surface area contributed by atoms with E-state index in [9.17, 15) is 5.11 Å². The molecular weight excluding hydrogens is 356 g/mol. The molecule has 0 bridgehead atoms. The molecule has 0 atom stereocenters. The summed E-state index contributed by atoms with van der Waals surface area (Å²) >= 11 is 1.70. The number of likely N-dealkylation sites (N-methyl/N-ethyl adjacent to an activating group) is 1. The first-order chi connectivity index (χ1) is 13.1. The first-order valence-electron chi connectivity index (χ1n) is 9.95. The summed E-state index contributed by atoms with van der Waals surface area (Å²) < 4.78 is 0. The van der Waals surface area contributed by atoms with Gasteiger partial charge in [0.25, 0.3) is 0 Å². The summed E-state index contributed by atoms with van der Waals surface area (Å²) in [7, 11) is 2.18. The summed E-state index contributed by atoms with van der Waals surface area (Å²) in [5, 5.41) is 14.4. The van der Waals surface area contributed by atoms with Gasteiger partial charge in [-0.25, -0.2) is 4.98 Å². The van der Waals surface area contributed by atoms with Crippen molar-refractivity contribution in [2.45, 2.75) is 31.5 Å². The van der Waals surface area contributed by atoms with Gasteiger partial charge in [-0.15, -0.1) is 11.3 Å². The number of hydrogen-bond donors (Lipinski definition) is 1. The number of aromatic nitrogens is 1. The minimum Gasteiger partial charge on any atom is -0.383 e. The Hall–Kier alpha value is -1.31. The lowest BCUT2D eigenvalue weighted by Gasteiger charge is -2.37. The van der Waals surface area contributed by atoms with Crippen molar-refractivity contribution in [2.24, 2.45) is 0 Å². The monoisotopic (exact) mass is 386 g/mol. The number of thiazole rings is 1. The first-order valence-corrected chi connectivity index (χ1v) is 10.8. The normalized spacial score (nSPS) is 22.1. The molecule has 27 heavy (non-hydrogen) atoms. The summed E-state index contributed by atoms with van der Waals surface area (Å²) in [6, 6.07) is 10.6. The molecule has 0 amide bonds. The lowest BCUT2D eigenvalue weighted by Crippen LogP contribution is -2.44. The number of nitrogens with zero attached hydrogens (tertiary/aromatic N) is 4. The van der Waals surface area contributed by atoms with Gasteiger partial charge in [0.1, 0.15) is 10.6 Å². The fourth-order valence-corrected chi connectivity index (χ4v) is 4.90.